The molecule has 126 valence electrons. The first-order chi connectivity index (χ1) is 12.4. The molecule has 0 radical (unpaired) electrons. The summed E-state index contributed by atoms with van der Waals surface area (Å²) in [6.07, 6.45) is 27.1. The Balaban J connectivity index is 1.36. The molecular weight excluding hydrogens is 302 g/mol. The van der Waals surface area contributed by atoms with Crippen LogP contribution < -0.4 is 5.32 Å². The van der Waals surface area contributed by atoms with Crippen LogP contribution in [0.25, 0.3) is 5.57 Å². The molecule has 1 aromatic rings. The van der Waals surface area contributed by atoms with E-state index in [-0.39, 0.29) is 0 Å². The molecule has 1 aromatic carbocycles. The second-order valence-electron chi connectivity index (χ2n) is 6.92. The van der Waals surface area contributed by atoms with Gasteiger partial charge in [-0.15, -0.1) is 0 Å². The van der Waals surface area contributed by atoms with Gasteiger partial charge in [-0.05, 0) is 54.5 Å². The molecule has 0 saturated heterocycles. The van der Waals surface area contributed by atoms with Gasteiger partial charge in [0, 0.05) is 17.6 Å². The minimum Gasteiger partial charge on any atom is -0.379 e. The second-order valence-corrected chi connectivity index (χ2v) is 6.92. The van der Waals surface area contributed by atoms with Crippen LogP contribution in [0.15, 0.2) is 90.6 Å². The molecule has 3 aliphatic rings. The zero-order chi connectivity index (χ0) is 16.9. The van der Waals surface area contributed by atoms with Gasteiger partial charge in [-0.25, -0.2) is 0 Å². The summed E-state index contributed by atoms with van der Waals surface area (Å²) in [6, 6.07) is 9.21. The number of anilines is 1. The van der Waals surface area contributed by atoms with Crippen molar-refractivity contribution in [2.75, 3.05) is 5.32 Å². The van der Waals surface area contributed by atoms with Crippen LogP contribution in [-0.2, 0) is 0 Å². The molecule has 2 unspecified atom stereocenters. The second kappa shape index (κ2) is 7.57. The molecule has 0 bridgehead atoms. The molecule has 0 saturated carbocycles. The first-order valence-corrected chi connectivity index (χ1v) is 9.34. The minimum absolute atomic E-state index is 0.381. The lowest BCUT2D eigenvalue weighted by Gasteiger charge is -2.22. The van der Waals surface area contributed by atoms with E-state index in [1.165, 1.54) is 28.8 Å². The van der Waals surface area contributed by atoms with Crippen LogP contribution >= 0.6 is 0 Å². The van der Waals surface area contributed by atoms with E-state index in [9.17, 15) is 0 Å². The van der Waals surface area contributed by atoms with Gasteiger partial charge in [0.1, 0.15) is 0 Å². The fraction of sp³-hybridized carbons (Fsp3) is 0.250. The number of nitrogens with one attached hydrogen (secondary N) is 1. The van der Waals surface area contributed by atoms with Crippen molar-refractivity contribution in [3.05, 3.63) is 96.2 Å². The van der Waals surface area contributed by atoms with E-state index < -0.39 is 0 Å². The highest BCUT2D eigenvalue weighted by Gasteiger charge is 2.14. The molecule has 0 aliphatic heterocycles. The molecule has 0 spiro atoms. The Bertz CT molecular complexity index is 784. The Morgan fingerprint density at radius 3 is 2.40 bits per heavy atom. The molecule has 2 atom stereocenters. The molecule has 1 nitrogen and oxygen atoms in total. The van der Waals surface area contributed by atoms with Crippen molar-refractivity contribution < 1.29 is 0 Å². The average molecular weight is 327 g/mol. The maximum Gasteiger partial charge on any atom is 0.0482 e. The number of hydrogen-bond acceptors (Lipinski definition) is 1. The predicted molar refractivity (Wildman–Crippen MR) is 108 cm³/mol. The standard InChI is InChI=1S/C24H25N/c1-3-7-19(8-4-1)21-11-15-23(16-12-21)25-24-17-13-22(14-18-24)20-9-5-2-6-10-20/h1,3-5,7,9-15,17-19,23,25H,2,6,8,16H2. The smallest absolute Gasteiger partial charge is 0.0482 e. The van der Waals surface area contributed by atoms with Crippen molar-refractivity contribution in [3.8, 4) is 0 Å². The lowest BCUT2D eigenvalue weighted by Crippen LogP contribution is -2.19. The fourth-order valence-corrected chi connectivity index (χ4v) is 3.65. The van der Waals surface area contributed by atoms with Crippen LogP contribution in [-0.4, -0.2) is 6.04 Å². The van der Waals surface area contributed by atoms with Gasteiger partial charge in [0.25, 0.3) is 0 Å². The number of rotatable bonds is 4. The van der Waals surface area contributed by atoms with Gasteiger partial charge in [-0.2, -0.15) is 0 Å². The molecule has 3 aliphatic carbocycles. The monoisotopic (exact) mass is 327 g/mol. The van der Waals surface area contributed by atoms with Gasteiger partial charge >= 0.3 is 0 Å². The highest BCUT2D eigenvalue weighted by Crippen LogP contribution is 2.27. The van der Waals surface area contributed by atoms with Crippen molar-refractivity contribution >= 4 is 11.3 Å². The highest BCUT2D eigenvalue weighted by atomic mass is 14.9. The highest BCUT2D eigenvalue weighted by molar-refractivity contribution is 5.75. The van der Waals surface area contributed by atoms with Crippen LogP contribution in [0.1, 0.15) is 31.2 Å². The normalized spacial score (nSPS) is 24.8. The number of benzene rings is 1. The van der Waals surface area contributed by atoms with Crippen LogP contribution in [0, 0.1) is 5.92 Å². The third-order valence-electron chi connectivity index (χ3n) is 5.10. The van der Waals surface area contributed by atoms with Crippen LogP contribution in [0.4, 0.5) is 5.69 Å². The Morgan fingerprint density at radius 1 is 0.800 bits per heavy atom. The first kappa shape index (κ1) is 16.0. The molecule has 0 heterocycles. The van der Waals surface area contributed by atoms with E-state index in [0.29, 0.717) is 12.0 Å². The summed E-state index contributed by atoms with van der Waals surface area (Å²) in [6.45, 7) is 0. The Labute approximate surface area is 150 Å². The summed E-state index contributed by atoms with van der Waals surface area (Å²) in [7, 11) is 0. The summed E-state index contributed by atoms with van der Waals surface area (Å²) in [5, 5.41) is 3.63. The van der Waals surface area contributed by atoms with Crippen molar-refractivity contribution in [1.29, 1.82) is 0 Å². The summed E-state index contributed by atoms with van der Waals surface area (Å²) < 4.78 is 0. The van der Waals surface area contributed by atoms with Crippen molar-refractivity contribution in [2.24, 2.45) is 5.92 Å². The predicted octanol–water partition coefficient (Wildman–Crippen LogP) is 6.22. The summed E-state index contributed by atoms with van der Waals surface area (Å²) in [4.78, 5) is 0. The molecule has 1 N–H and O–H groups in total. The van der Waals surface area contributed by atoms with Gasteiger partial charge in [0.2, 0.25) is 0 Å². The topological polar surface area (TPSA) is 12.0 Å². The SMILES string of the molecule is C1=CCC(C2=CCC(Nc3ccc(C4=CCCC=C4)cc3)C=C2)C=C1. The molecule has 4 rings (SSSR count). The first-order valence-electron chi connectivity index (χ1n) is 9.34. The molecule has 0 amide bonds. The van der Waals surface area contributed by atoms with E-state index in [2.05, 4.69) is 90.3 Å². The third kappa shape index (κ3) is 3.93. The van der Waals surface area contributed by atoms with Crippen molar-refractivity contribution in [1.82, 2.24) is 0 Å². The van der Waals surface area contributed by atoms with Crippen LogP contribution in [0.5, 0.6) is 0 Å². The van der Waals surface area contributed by atoms with E-state index >= 15 is 0 Å². The quantitative estimate of drug-likeness (QED) is 0.692. The van der Waals surface area contributed by atoms with Gasteiger partial charge in [-0.1, -0.05) is 72.9 Å². The summed E-state index contributed by atoms with van der Waals surface area (Å²) in [5.74, 6) is 0.554. The van der Waals surface area contributed by atoms with Gasteiger partial charge < -0.3 is 5.32 Å². The lowest BCUT2D eigenvalue weighted by atomic mass is 9.88. The number of hydrogen-bond donors (Lipinski definition) is 1. The van der Waals surface area contributed by atoms with E-state index in [1.807, 2.05) is 0 Å². The van der Waals surface area contributed by atoms with E-state index in [0.717, 1.165) is 19.3 Å². The van der Waals surface area contributed by atoms with Gasteiger partial charge in [-0.3, -0.25) is 0 Å². The third-order valence-corrected chi connectivity index (χ3v) is 5.10. The Morgan fingerprint density at radius 2 is 1.72 bits per heavy atom. The largest absolute Gasteiger partial charge is 0.379 e. The Hall–Kier alpha value is -2.54. The van der Waals surface area contributed by atoms with Crippen LogP contribution in [0.3, 0.4) is 0 Å². The van der Waals surface area contributed by atoms with Crippen LogP contribution in [0.2, 0.25) is 0 Å². The molecule has 1 heteroatoms. The average Bonchev–Trinajstić information content (AvgIpc) is 2.71. The number of allylic oxidation sites excluding steroid dienone is 10. The zero-order valence-corrected chi connectivity index (χ0v) is 14.6. The Kier molecular flexibility index (Phi) is 4.83. The maximum absolute atomic E-state index is 3.63. The molecule has 25 heavy (non-hydrogen) atoms. The van der Waals surface area contributed by atoms with Gasteiger partial charge in [0.15, 0.2) is 0 Å². The van der Waals surface area contributed by atoms with Gasteiger partial charge in [0.05, 0.1) is 0 Å². The lowest BCUT2D eigenvalue weighted by molar-refractivity contribution is 0.757. The fourth-order valence-electron chi connectivity index (χ4n) is 3.65. The van der Waals surface area contributed by atoms with E-state index in [4.69, 9.17) is 0 Å². The minimum atomic E-state index is 0.381. The molecule has 0 fully saturated rings. The summed E-state index contributed by atoms with van der Waals surface area (Å²) in [5.41, 5.74) is 5.29. The zero-order valence-electron chi connectivity index (χ0n) is 14.6. The van der Waals surface area contributed by atoms with Crippen molar-refractivity contribution in [3.63, 3.8) is 0 Å². The molecule has 0 aromatic heterocycles. The maximum atomic E-state index is 3.63. The van der Waals surface area contributed by atoms with E-state index in [1.54, 1.807) is 0 Å². The van der Waals surface area contributed by atoms with Crippen molar-refractivity contribution in [2.45, 2.75) is 31.7 Å². The summed E-state index contributed by atoms with van der Waals surface area (Å²) >= 11 is 0. The molecular formula is C24H25N.